The second-order valence-electron chi connectivity index (χ2n) is 12.5. The fraction of sp³-hybridized carbons (Fsp3) is 0.382. The van der Waals surface area contributed by atoms with Crippen molar-refractivity contribution in [2.45, 2.75) is 56.9 Å². The van der Waals surface area contributed by atoms with Gasteiger partial charge in [-0.1, -0.05) is 18.2 Å². The molecular formula is C34H32AcN4O7. The Morgan fingerprint density at radius 3 is 2.33 bits per heavy atom. The van der Waals surface area contributed by atoms with Crippen molar-refractivity contribution in [3.05, 3.63) is 74.8 Å². The zero-order valence-electron chi connectivity index (χ0n) is 25.9. The molecule has 5 aliphatic rings. The van der Waals surface area contributed by atoms with E-state index in [2.05, 4.69) is 15.9 Å². The summed E-state index contributed by atoms with van der Waals surface area (Å²) in [4.78, 5) is 32.8. The maximum Gasteiger partial charge on any atom is 0.261 e. The number of carbonyl (C=O) groups excluding carboxylic acids is 2. The molecule has 0 aromatic heterocycles. The van der Waals surface area contributed by atoms with Gasteiger partial charge in [-0.25, -0.2) is 0 Å². The van der Waals surface area contributed by atoms with Gasteiger partial charge >= 0.3 is 0 Å². The van der Waals surface area contributed by atoms with E-state index < -0.39 is 29.9 Å². The first-order valence-corrected chi connectivity index (χ1v) is 15.0. The Bertz CT molecular complexity index is 1860. The summed E-state index contributed by atoms with van der Waals surface area (Å²) in [6.07, 6.45) is 0.831. The minimum absolute atomic E-state index is 0. The number of fused-ring (bicyclic) bond motifs is 10. The standard InChI is InChI=1S/C34H32N4O7.Ac/c1-15-9-17-10-21-23(12-35)38-22(27(36(21)3)25(17)29(40)30(15)43-4)11-20-26(32-31(44-14-45-32)16(2)28(20)39)24(38)13-37-33(41)18-7-5-6-8-19(18)34(37)42;/h5-9,21-24,27,39-40H,10-11,13-14H2,1-4H3;/t21-,22?,23?,24-,27-;/m0./s1. The minimum Gasteiger partial charge on any atom is -0.507 e. The number of hydrogen-bond acceptors (Lipinski definition) is 10. The molecule has 2 unspecified atom stereocenters. The number of imide groups is 1. The Morgan fingerprint density at radius 2 is 1.67 bits per heavy atom. The van der Waals surface area contributed by atoms with Crippen LogP contribution in [0.25, 0.3) is 0 Å². The normalized spacial score (nSPS) is 25.6. The van der Waals surface area contributed by atoms with Gasteiger partial charge in [0.1, 0.15) is 11.8 Å². The Labute approximate surface area is 301 Å². The number of methoxy groups -OCH3 is 1. The number of aromatic hydroxyl groups is 2. The molecular weight excluding hydrogens is 803 g/mol. The van der Waals surface area contributed by atoms with Crippen molar-refractivity contribution >= 4 is 11.8 Å². The summed E-state index contributed by atoms with van der Waals surface area (Å²) in [7, 11) is 3.49. The van der Waals surface area contributed by atoms with Gasteiger partial charge < -0.3 is 24.4 Å². The van der Waals surface area contributed by atoms with E-state index in [9.17, 15) is 25.1 Å². The number of piperazine rings is 1. The maximum atomic E-state index is 13.7. The number of aryl methyl sites for hydroxylation is 1. The molecule has 2 bridgehead atoms. The number of rotatable bonds is 3. The number of hydrogen-bond donors (Lipinski definition) is 2. The van der Waals surface area contributed by atoms with E-state index in [0.29, 0.717) is 57.9 Å². The molecule has 2 amide bonds. The Hall–Kier alpha value is -3.35. The predicted molar refractivity (Wildman–Crippen MR) is 160 cm³/mol. The van der Waals surface area contributed by atoms with Crippen LogP contribution in [0.3, 0.4) is 0 Å². The van der Waals surface area contributed by atoms with Gasteiger partial charge in [0.2, 0.25) is 6.79 Å². The second kappa shape index (κ2) is 11.1. The van der Waals surface area contributed by atoms with Crippen LogP contribution in [0.5, 0.6) is 28.7 Å². The SMILES string of the molecule is COc1c(C)cc2c(c1O)[C@@H]1C3Cc4c(O)c(C)c5c(c4[C@H](CN4C(=O)c6ccccc6C4=O)N3C(C#N)[C@H](C2)N1C)OCO5.[Ac]. The number of ether oxygens (including phenoxy) is 3. The van der Waals surface area contributed by atoms with Gasteiger partial charge in [0.15, 0.2) is 23.0 Å². The molecule has 8 rings (SSSR count). The summed E-state index contributed by atoms with van der Waals surface area (Å²) >= 11 is 0. The van der Waals surface area contributed by atoms with Gasteiger partial charge in [0.05, 0.1) is 36.4 Å². The van der Waals surface area contributed by atoms with E-state index in [1.165, 1.54) is 12.0 Å². The molecule has 233 valence electrons. The first kappa shape index (κ1) is 31.3. The monoisotopic (exact) mass is 835 g/mol. The molecule has 3 aromatic rings. The van der Waals surface area contributed by atoms with Crippen LogP contribution in [-0.2, 0) is 12.8 Å². The third-order valence-electron chi connectivity index (χ3n) is 10.5. The fourth-order valence-electron chi connectivity index (χ4n) is 8.60. The first-order chi connectivity index (χ1) is 21.7. The molecule has 2 N–H and O–H groups in total. The summed E-state index contributed by atoms with van der Waals surface area (Å²) in [5.74, 6) is 0.583. The zero-order chi connectivity index (χ0) is 31.5. The van der Waals surface area contributed by atoms with Crippen LogP contribution in [-0.4, -0.2) is 82.3 Å². The quantitative estimate of drug-likeness (QED) is 0.378. The van der Waals surface area contributed by atoms with Crippen molar-refractivity contribution in [3.63, 3.8) is 0 Å². The van der Waals surface area contributed by atoms with E-state index in [1.807, 2.05) is 20.0 Å². The third-order valence-corrected chi connectivity index (χ3v) is 10.5. The van der Waals surface area contributed by atoms with E-state index in [1.54, 1.807) is 31.2 Å². The van der Waals surface area contributed by atoms with E-state index in [-0.39, 0.29) is 81.0 Å². The predicted octanol–water partition coefficient (Wildman–Crippen LogP) is 3.52. The number of phenols is 2. The smallest absolute Gasteiger partial charge is 0.261 e. The van der Waals surface area contributed by atoms with E-state index in [0.717, 1.165) is 16.7 Å². The molecule has 5 atom stereocenters. The summed E-state index contributed by atoms with van der Waals surface area (Å²) in [5, 5.41) is 34.1. The number of benzene rings is 3. The summed E-state index contributed by atoms with van der Waals surface area (Å²) < 4.78 is 17.4. The molecule has 3 aromatic carbocycles. The first-order valence-electron chi connectivity index (χ1n) is 15.0. The summed E-state index contributed by atoms with van der Waals surface area (Å²) in [6.45, 7) is 3.56. The zero-order valence-corrected chi connectivity index (χ0v) is 30.6. The van der Waals surface area contributed by atoms with Gasteiger partial charge in [-0.05, 0) is 57.0 Å². The van der Waals surface area contributed by atoms with E-state index in [4.69, 9.17) is 14.2 Å². The largest absolute Gasteiger partial charge is 0.507 e. The molecule has 5 aliphatic heterocycles. The van der Waals surface area contributed by atoms with Crippen molar-refractivity contribution in [1.82, 2.24) is 14.7 Å². The van der Waals surface area contributed by atoms with Crippen LogP contribution >= 0.6 is 0 Å². The third kappa shape index (κ3) is 4.05. The summed E-state index contributed by atoms with van der Waals surface area (Å²) in [5.41, 5.74) is 4.92. The molecule has 46 heavy (non-hydrogen) atoms. The average Bonchev–Trinajstić information content (AvgIpc) is 3.60. The topological polar surface area (TPSA) is 136 Å². The van der Waals surface area contributed by atoms with Gasteiger partial charge in [-0.15, -0.1) is 0 Å². The van der Waals surface area contributed by atoms with Crippen LogP contribution in [0, 0.1) is 69.2 Å². The maximum absolute atomic E-state index is 13.7. The number of nitrogens with zero attached hydrogens (tertiary/aromatic N) is 4. The molecule has 5 heterocycles. The van der Waals surface area contributed by atoms with Crippen LogP contribution < -0.4 is 14.2 Å². The summed E-state index contributed by atoms with van der Waals surface area (Å²) in [6, 6.07) is 8.91. The number of amides is 2. The molecule has 1 saturated heterocycles. The number of nitriles is 1. The van der Waals surface area contributed by atoms with Crippen molar-refractivity contribution in [2.24, 2.45) is 0 Å². The van der Waals surface area contributed by atoms with Crippen molar-refractivity contribution in [1.29, 1.82) is 5.26 Å². The molecule has 0 saturated carbocycles. The molecule has 12 heteroatoms. The average molecular weight is 836 g/mol. The Morgan fingerprint density at radius 1 is 1.00 bits per heavy atom. The molecule has 11 nitrogen and oxygen atoms in total. The van der Waals surface area contributed by atoms with Gasteiger partial charge in [0.25, 0.3) is 11.8 Å². The molecule has 0 aliphatic carbocycles. The van der Waals surface area contributed by atoms with Crippen molar-refractivity contribution in [2.75, 3.05) is 27.5 Å². The number of phenolic OH excluding ortho intramolecular Hbond substituents is 2. The van der Waals surface area contributed by atoms with Crippen molar-refractivity contribution < 1.29 is 78.1 Å². The van der Waals surface area contributed by atoms with Crippen LogP contribution in [0.2, 0.25) is 0 Å². The number of carbonyl (C=O) groups is 2. The van der Waals surface area contributed by atoms with Gasteiger partial charge in [-0.3, -0.25) is 24.3 Å². The molecule has 1 fully saturated rings. The Kier molecular flexibility index (Phi) is 7.56. The second-order valence-corrected chi connectivity index (χ2v) is 12.5. The van der Waals surface area contributed by atoms with Gasteiger partial charge in [-0.2, -0.15) is 5.26 Å². The molecule has 0 spiro atoms. The fourth-order valence-corrected chi connectivity index (χ4v) is 8.60. The number of likely N-dealkylation sites (N-methyl/N-ethyl adjacent to an activating group) is 1. The Balaban J connectivity index is 0.00000338. The van der Waals surface area contributed by atoms with E-state index >= 15 is 0 Å². The van der Waals surface area contributed by atoms with Gasteiger partial charge in [0, 0.05) is 84.9 Å². The van der Waals surface area contributed by atoms with Crippen molar-refractivity contribution in [3.8, 4) is 34.8 Å². The van der Waals surface area contributed by atoms with Crippen LogP contribution in [0.1, 0.15) is 66.2 Å². The van der Waals surface area contributed by atoms with Crippen LogP contribution in [0.4, 0.5) is 0 Å². The van der Waals surface area contributed by atoms with Crippen LogP contribution in [0.15, 0.2) is 30.3 Å². The minimum atomic E-state index is -0.706. The molecule has 1 radical (unpaired) electrons.